The maximum absolute atomic E-state index is 11.7. The molecule has 2 aromatic rings. The van der Waals surface area contributed by atoms with Crippen LogP contribution in [0.15, 0.2) is 28.0 Å². The lowest BCUT2D eigenvalue weighted by Gasteiger charge is -1.96. The number of nitrogens with zero attached hydrogens (tertiary/aromatic N) is 1. The third kappa shape index (κ3) is 4.57. The van der Waals surface area contributed by atoms with Gasteiger partial charge in [-0.05, 0) is 25.1 Å². The standard InChI is InChI=1S/C14H14N2O4S/c1-9-3-4-11(20-9)5-6-12(17)16-14-15-10(8-21-14)7-13(18)19-2/h3-6,8H,7H2,1-2H3,(H,15,16,17)/b6-5+. The first kappa shape index (κ1) is 15.0. The van der Waals surface area contributed by atoms with Gasteiger partial charge in [-0.2, -0.15) is 0 Å². The van der Waals surface area contributed by atoms with E-state index in [9.17, 15) is 9.59 Å². The monoisotopic (exact) mass is 306 g/mol. The Bertz CT molecular complexity index is 672. The molecular formula is C14H14N2O4S. The first-order valence-corrected chi connectivity index (χ1v) is 7.01. The minimum atomic E-state index is -0.369. The van der Waals surface area contributed by atoms with Crippen molar-refractivity contribution in [2.45, 2.75) is 13.3 Å². The molecule has 0 aromatic carbocycles. The maximum atomic E-state index is 11.7. The molecule has 2 rings (SSSR count). The topological polar surface area (TPSA) is 81.4 Å². The van der Waals surface area contributed by atoms with Gasteiger partial charge in [0, 0.05) is 11.5 Å². The molecular weight excluding hydrogens is 292 g/mol. The summed E-state index contributed by atoms with van der Waals surface area (Å²) in [6.45, 7) is 1.83. The smallest absolute Gasteiger partial charge is 0.311 e. The third-order valence-electron chi connectivity index (χ3n) is 2.50. The highest BCUT2D eigenvalue weighted by Crippen LogP contribution is 2.16. The number of hydrogen-bond donors (Lipinski definition) is 1. The number of nitrogens with one attached hydrogen (secondary N) is 1. The molecule has 110 valence electrons. The molecule has 0 radical (unpaired) electrons. The van der Waals surface area contributed by atoms with Gasteiger partial charge < -0.3 is 9.15 Å². The minimum absolute atomic E-state index is 0.0877. The van der Waals surface area contributed by atoms with E-state index >= 15 is 0 Å². The fourth-order valence-electron chi connectivity index (χ4n) is 1.51. The first-order valence-electron chi connectivity index (χ1n) is 6.13. The number of methoxy groups -OCH3 is 1. The van der Waals surface area contributed by atoms with Crippen molar-refractivity contribution in [3.8, 4) is 0 Å². The van der Waals surface area contributed by atoms with Crippen LogP contribution in [0.3, 0.4) is 0 Å². The summed E-state index contributed by atoms with van der Waals surface area (Å²) in [5.74, 6) is 0.699. The van der Waals surface area contributed by atoms with Crippen LogP contribution in [0.4, 0.5) is 5.13 Å². The summed E-state index contributed by atoms with van der Waals surface area (Å²) < 4.78 is 9.86. The number of carbonyl (C=O) groups is 2. The lowest BCUT2D eigenvalue weighted by Crippen LogP contribution is -2.08. The van der Waals surface area contributed by atoms with Crippen molar-refractivity contribution in [3.63, 3.8) is 0 Å². The molecule has 21 heavy (non-hydrogen) atoms. The molecule has 0 bridgehead atoms. The van der Waals surface area contributed by atoms with E-state index in [1.54, 1.807) is 17.5 Å². The summed E-state index contributed by atoms with van der Waals surface area (Å²) in [6, 6.07) is 3.59. The molecule has 0 saturated heterocycles. The van der Waals surface area contributed by atoms with Crippen LogP contribution in [0.1, 0.15) is 17.2 Å². The number of furan rings is 1. The van der Waals surface area contributed by atoms with E-state index in [1.807, 2.05) is 13.0 Å². The first-order chi connectivity index (χ1) is 10.1. The van der Waals surface area contributed by atoms with E-state index in [4.69, 9.17) is 4.42 Å². The highest BCUT2D eigenvalue weighted by Gasteiger charge is 2.08. The predicted octanol–water partition coefficient (Wildman–Crippen LogP) is 2.41. The van der Waals surface area contributed by atoms with Gasteiger partial charge in [0.25, 0.3) is 0 Å². The Balaban J connectivity index is 1.90. The van der Waals surface area contributed by atoms with Crippen molar-refractivity contribution in [1.29, 1.82) is 0 Å². The van der Waals surface area contributed by atoms with Crippen LogP contribution >= 0.6 is 11.3 Å². The molecule has 0 saturated carbocycles. The number of carbonyl (C=O) groups excluding carboxylic acids is 2. The van der Waals surface area contributed by atoms with Crippen molar-refractivity contribution < 1.29 is 18.7 Å². The molecule has 0 atom stereocenters. The lowest BCUT2D eigenvalue weighted by atomic mass is 10.3. The fourth-order valence-corrected chi connectivity index (χ4v) is 2.23. The number of aromatic nitrogens is 1. The van der Waals surface area contributed by atoms with Crippen LogP contribution in [0.25, 0.3) is 6.08 Å². The quantitative estimate of drug-likeness (QED) is 0.677. The van der Waals surface area contributed by atoms with Crippen LogP contribution in [0.2, 0.25) is 0 Å². The lowest BCUT2D eigenvalue weighted by molar-refractivity contribution is -0.139. The Morgan fingerprint density at radius 2 is 2.29 bits per heavy atom. The number of anilines is 1. The summed E-state index contributed by atoms with van der Waals surface area (Å²) in [4.78, 5) is 26.9. The number of esters is 1. The number of ether oxygens (including phenoxy) is 1. The largest absolute Gasteiger partial charge is 0.469 e. The second-order valence-corrected chi connectivity index (χ2v) is 5.03. The second kappa shape index (κ2) is 6.85. The van der Waals surface area contributed by atoms with Crippen molar-refractivity contribution in [2.75, 3.05) is 12.4 Å². The molecule has 0 aliphatic carbocycles. The Labute approximate surface area is 125 Å². The van der Waals surface area contributed by atoms with Gasteiger partial charge in [-0.1, -0.05) is 0 Å². The third-order valence-corrected chi connectivity index (χ3v) is 3.30. The molecule has 0 spiro atoms. The maximum Gasteiger partial charge on any atom is 0.311 e. The van der Waals surface area contributed by atoms with E-state index in [2.05, 4.69) is 15.0 Å². The molecule has 2 heterocycles. The van der Waals surface area contributed by atoms with Gasteiger partial charge in [-0.15, -0.1) is 11.3 Å². The van der Waals surface area contributed by atoms with Gasteiger partial charge in [-0.3, -0.25) is 14.9 Å². The van der Waals surface area contributed by atoms with Crippen molar-refractivity contribution in [2.24, 2.45) is 0 Å². The van der Waals surface area contributed by atoms with Crippen LogP contribution in [-0.4, -0.2) is 24.0 Å². The molecule has 0 unspecified atom stereocenters. The van der Waals surface area contributed by atoms with E-state index in [-0.39, 0.29) is 18.3 Å². The fraction of sp³-hybridized carbons (Fsp3) is 0.214. The molecule has 1 N–H and O–H groups in total. The zero-order valence-corrected chi connectivity index (χ0v) is 12.4. The van der Waals surface area contributed by atoms with Gasteiger partial charge in [-0.25, -0.2) is 4.98 Å². The second-order valence-electron chi connectivity index (χ2n) is 4.17. The zero-order chi connectivity index (χ0) is 15.2. The van der Waals surface area contributed by atoms with E-state index in [0.29, 0.717) is 16.6 Å². The SMILES string of the molecule is COC(=O)Cc1csc(NC(=O)/C=C/c2ccc(C)o2)n1. The van der Waals surface area contributed by atoms with Crippen LogP contribution < -0.4 is 5.32 Å². The molecule has 0 aliphatic rings. The van der Waals surface area contributed by atoms with Gasteiger partial charge in [0.1, 0.15) is 11.5 Å². The summed E-state index contributed by atoms with van der Waals surface area (Å²) in [5.41, 5.74) is 0.563. The predicted molar refractivity (Wildman–Crippen MR) is 78.9 cm³/mol. The minimum Gasteiger partial charge on any atom is -0.469 e. The summed E-state index contributed by atoms with van der Waals surface area (Å²) in [7, 11) is 1.32. The average molecular weight is 306 g/mol. The molecule has 6 nitrogen and oxygen atoms in total. The molecule has 7 heteroatoms. The zero-order valence-electron chi connectivity index (χ0n) is 11.6. The number of amides is 1. The summed E-state index contributed by atoms with van der Waals surface area (Å²) in [5, 5.41) is 4.75. The Morgan fingerprint density at radius 3 is 2.95 bits per heavy atom. The summed E-state index contributed by atoms with van der Waals surface area (Å²) >= 11 is 1.25. The molecule has 0 fully saturated rings. The van der Waals surface area contributed by atoms with E-state index in [1.165, 1.54) is 24.5 Å². The Morgan fingerprint density at radius 1 is 1.48 bits per heavy atom. The highest BCUT2D eigenvalue weighted by molar-refractivity contribution is 7.14. The average Bonchev–Trinajstić information content (AvgIpc) is 3.05. The van der Waals surface area contributed by atoms with Crippen molar-refractivity contribution in [3.05, 3.63) is 40.8 Å². The number of hydrogen-bond acceptors (Lipinski definition) is 6. The molecule has 0 aliphatic heterocycles. The Kier molecular flexibility index (Phi) is 4.89. The molecule has 1 amide bonds. The van der Waals surface area contributed by atoms with Crippen LogP contribution in [0, 0.1) is 6.92 Å². The van der Waals surface area contributed by atoms with E-state index in [0.717, 1.165) is 5.76 Å². The van der Waals surface area contributed by atoms with Gasteiger partial charge >= 0.3 is 5.97 Å². The number of rotatable bonds is 5. The normalized spacial score (nSPS) is 10.8. The summed E-state index contributed by atoms with van der Waals surface area (Å²) in [6.07, 6.45) is 3.02. The molecule has 2 aromatic heterocycles. The van der Waals surface area contributed by atoms with Gasteiger partial charge in [0.15, 0.2) is 5.13 Å². The Hall–Kier alpha value is -2.41. The van der Waals surface area contributed by atoms with Gasteiger partial charge in [0.2, 0.25) is 5.91 Å². The highest BCUT2D eigenvalue weighted by atomic mass is 32.1. The van der Waals surface area contributed by atoms with Gasteiger partial charge in [0.05, 0.1) is 19.2 Å². The van der Waals surface area contributed by atoms with E-state index < -0.39 is 0 Å². The van der Waals surface area contributed by atoms with Crippen LogP contribution in [0.5, 0.6) is 0 Å². The van der Waals surface area contributed by atoms with Crippen molar-refractivity contribution in [1.82, 2.24) is 4.98 Å². The number of aryl methyl sites for hydroxylation is 1. The number of thiazole rings is 1. The van der Waals surface area contributed by atoms with Crippen LogP contribution in [-0.2, 0) is 20.7 Å². The van der Waals surface area contributed by atoms with Crippen molar-refractivity contribution >= 4 is 34.4 Å².